The van der Waals surface area contributed by atoms with E-state index in [0.717, 1.165) is 17.7 Å². The number of hydrogen-bond acceptors (Lipinski definition) is 1. The predicted molar refractivity (Wildman–Crippen MR) is 61.0 cm³/mol. The van der Waals surface area contributed by atoms with E-state index in [0.29, 0.717) is 5.41 Å². The molecule has 1 fully saturated rings. The van der Waals surface area contributed by atoms with Gasteiger partial charge in [-0.25, -0.2) is 0 Å². The van der Waals surface area contributed by atoms with Crippen LogP contribution in [0.25, 0.3) is 0 Å². The van der Waals surface area contributed by atoms with E-state index in [1.807, 2.05) is 6.20 Å². The maximum Gasteiger partial charge on any atom is 0.177 e. The van der Waals surface area contributed by atoms with Gasteiger partial charge in [0.15, 0.2) is 4.77 Å². The van der Waals surface area contributed by atoms with Gasteiger partial charge in [0.05, 0.1) is 0 Å². The van der Waals surface area contributed by atoms with Crippen molar-refractivity contribution in [2.45, 2.75) is 46.1 Å². The molecule has 0 bridgehead atoms. The molecule has 0 aliphatic heterocycles. The lowest BCUT2D eigenvalue weighted by molar-refractivity contribution is 0.400. The van der Waals surface area contributed by atoms with Gasteiger partial charge in [-0.05, 0) is 43.3 Å². The van der Waals surface area contributed by atoms with Crippen LogP contribution in [0, 0.1) is 10.2 Å². The Morgan fingerprint density at radius 3 is 2.71 bits per heavy atom. The molecular formula is C11H18N2S. The predicted octanol–water partition coefficient (Wildman–Crippen LogP) is 3.30. The minimum absolute atomic E-state index is 0.574. The third kappa shape index (κ3) is 1.65. The van der Waals surface area contributed by atoms with Gasteiger partial charge in [-0.1, -0.05) is 13.8 Å². The van der Waals surface area contributed by atoms with Gasteiger partial charge in [-0.2, -0.15) is 0 Å². The zero-order chi connectivity index (χ0) is 10.2. The van der Waals surface area contributed by atoms with Crippen LogP contribution in [0.3, 0.4) is 0 Å². The van der Waals surface area contributed by atoms with E-state index in [2.05, 4.69) is 23.4 Å². The molecule has 0 spiro atoms. The Morgan fingerprint density at radius 2 is 2.21 bits per heavy atom. The van der Waals surface area contributed by atoms with E-state index in [1.54, 1.807) is 0 Å². The van der Waals surface area contributed by atoms with Crippen molar-refractivity contribution in [1.82, 2.24) is 9.55 Å². The molecule has 2 nitrogen and oxygen atoms in total. The van der Waals surface area contributed by atoms with Gasteiger partial charge in [0.25, 0.3) is 0 Å². The van der Waals surface area contributed by atoms with Gasteiger partial charge in [-0.3, -0.25) is 0 Å². The molecule has 0 amide bonds. The third-order valence-electron chi connectivity index (χ3n) is 3.52. The molecule has 14 heavy (non-hydrogen) atoms. The van der Waals surface area contributed by atoms with Crippen molar-refractivity contribution in [3.8, 4) is 0 Å². The highest BCUT2D eigenvalue weighted by molar-refractivity contribution is 7.71. The maximum atomic E-state index is 5.29. The van der Waals surface area contributed by atoms with Crippen LogP contribution < -0.4 is 0 Å². The number of aromatic amines is 1. The summed E-state index contributed by atoms with van der Waals surface area (Å²) < 4.78 is 3.17. The van der Waals surface area contributed by atoms with Crippen LogP contribution in [0.15, 0.2) is 6.20 Å². The molecule has 0 atom stereocenters. The van der Waals surface area contributed by atoms with Crippen molar-refractivity contribution in [3.63, 3.8) is 0 Å². The van der Waals surface area contributed by atoms with E-state index in [1.165, 1.54) is 25.0 Å². The number of hydrogen-bond donors (Lipinski definition) is 1. The average molecular weight is 210 g/mol. The molecule has 1 aromatic heterocycles. The molecule has 1 aliphatic carbocycles. The van der Waals surface area contributed by atoms with Crippen LogP contribution in [0.1, 0.15) is 38.8 Å². The third-order valence-corrected chi connectivity index (χ3v) is 3.86. The Hall–Kier alpha value is -0.570. The number of H-pyrrole nitrogens is 1. The summed E-state index contributed by atoms with van der Waals surface area (Å²) in [4.78, 5) is 3.14. The van der Waals surface area contributed by atoms with Crippen molar-refractivity contribution in [2.24, 2.45) is 5.41 Å². The highest BCUT2D eigenvalue weighted by atomic mass is 32.1. The zero-order valence-electron chi connectivity index (χ0n) is 8.97. The lowest BCUT2D eigenvalue weighted by Crippen LogP contribution is -2.12. The van der Waals surface area contributed by atoms with Gasteiger partial charge in [0, 0.05) is 18.4 Å². The van der Waals surface area contributed by atoms with Gasteiger partial charge >= 0.3 is 0 Å². The van der Waals surface area contributed by atoms with E-state index >= 15 is 0 Å². The smallest absolute Gasteiger partial charge is 0.177 e. The van der Waals surface area contributed by atoms with Crippen LogP contribution in [0.2, 0.25) is 0 Å². The maximum absolute atomic E-state index is 5.29. The highest BCUT2D eigenvalue weighted by Crippen LogP contribution is 2.50. The number of aromatic nitrogens is 2. The van der Waals surface area contributed by atoms with Gasteiger partial charge in [-0.15, -0.1) is 0 Å². The Balaban J connectivity index is 2.23. The number of rotatable bonds is 4. The van der Waals surface area contributed by atoms with E-state index in [-0.39, 0.29) is 0 Å². The molecule has 3 heteroatoms. The molecule has 1 saturated carbocycles. The first kappa shape index (κ1) is 9.97. The number of imidazole rings is 1. The quantitative estimate of drug-likeness (QED) is 0.756. The fraction of sp³-hybridized carbons (Fsp3) is 0.727. The summed E-state index contributed by atoms with van der Waals surface area (Å²) in [6.07, 6.45) is 7.14. The molecule has 1 aromatic rings. The van der Waals surface area contributed by atoms with Crippen molar-refractivity contribution in [2.75, 3.05) is 0 Å². The molecular weight excluding hydrogens is 192 g/mol. The fourth-order valence-electron chi connectivity index (χ4n) is 2.03. The summed E-state index contributed by atoms with van der Waals surface area (Å²) >= 11 is 5.29. The Labute approximate surface area is 90.3 Å². The molecule has 1 heterocycles. The highest BCUT2D eigenvalue weighted by Gasteiger charge is 2.41. The molecule has 0 unspecified atom stereocenters. The molecule has 0 aromatic carbocycles. The minimum Gasteiger partial charge on any atom is -0.337 e. The summed E-state index contributed by atoms with van der Waals surface area (Å²) in [6.45, 7) is 5.59. The minimum atomic E-state index is 0.574. The van der Waals surface area contributed by atoms with Crippen molar-refractivity contribution >= 4 is 12.2 Å². The topological polar surface area (TPSA) is 20.7 Å². The van der Waals surface area contributed by atoms with E-state index in [9.17, 15) is 0 Å². The average Bonchev–Trinajstić information content (AvgIpc) is 2.89. The molecule has 1 aliphatic rings. The molecule has 78 valence electrons. The number of aryl methyl sites for hydroxylation is 1. The lowest BCUT2D eigenvalue weighted by Gasteiger charge is -2.15. The second kappa shape index (κ2) is 3.54. The Kier molecular flexibility index (Phi) is 2.52. The van der Waals surface area contributed by atoms with Crippen molar-refractivity contribution in [1.29, 1.82) is 0 Å². The summed E-state index contributed by atoms with van der Waals surface area (Å²) in [7, 11) is 0. The van der Waals surface area contributed by atoms with Crippen molar-refractivity contribution in [3.05, 3.63) is 16.7 Å². The second-order valence-corrected chi connectivity index (χ2v) is 4.77. The van der Waals surface area contributed by atoms with Crippen LogP contribution in [-0.2, 0) is 13.0 Å². The lowest BCUT2D eigenvalue weighted by atomic mass is 10.0. The zero-order valence-corrected chi connectivity index (χ0v) is 9.78. The summed E-state index contributed by atoms with van der Waals surface area (Å²) in [6, 6.07) is 0. The van der Waals surface area contributed by atoms with Crippen LogP contribution >= 0.6 is 12.2 Å². The molecule has 0 radical (unpaired) electrons. The Morgan fingerprint density at radius 1 is 1.50 bits per heavy atom. The molecule has 2 rings (SSSR count). The van der Waals surface area contributed by atoms with Gasteiger partial charge in [0.1, 0.15) is 0 Å². The fourth-order valence-corrected chi connectivity index (χ4v) is 2.27. The summed E-state index contributed by atoms with van der Waals surface area (Å²) in [5.41, 5.74) is 1.92. The van der Waals surface area contributed by atoms with Crippen LogP contribution in [0.4, 0.5) is 0 Å². The van der Waals surface area contributed by atoms with Crippen molar-refractivity contribution < 1.29 is 0 Å². The van der Waals surface area contributed by atoms with E-state index < -0.39 is 0 Å². The number of nitrogens with zero attached hydrogens (tertiary/aromatic N) is 1. The Bertz CT molecular complexity index is 371. The van der Waals surface area contributed by atoms with Gasteiger partial charge in [0.2, 0.25) is 0 Å². The van der Waals surface area contributed by atoms with Crippen LogP contribution in [0.5, 0.6) is 0 Å². The summed E-state index contributed by atoms with van der Waals surface area (Å²) in [5.74, 6) is 0. The molecule has 0 saturated heterocycles. The second-order valence-electron chi connectivity index (χ2n) is 4.38. The van der Waals surface area contributed by atoms with Crippen LogP contribution in [-0.4, -0.2) is 9.55 Å². The standard InChI is InChI=1S/C11H18N2S/c1-3-9-7-12-10(14)13(9)8-11(4-2)5-6-11/h7H,3-6,8H2,1-2H3,(H,12,14). The summed E-state index contributed by atoms with van der Waals surface area (Å²) in [5, 5.41) is 0. The first-order valence-corrected chi connectivity index (χ1v) is 5.89. The molecule has 1 N–H and O–H groups in total. The SMILES string of the molecule is CCc1c[nH]c(=S)n1CC1(CC)CC1. The van der Waals surface area contributed by atoms with Gasteiger partial charge < -0.3 is 9.55 Å². The monoisotopic (exact) mass is 210 g/mol. The first-order valence-electron chi connectivity index (χ1n) is 5.48. The van der Waals surface area contributed by atoms with E-state index in [4.69, 9.17) is 12.2 Å². The largest absolute Gasteiger partial charge is 0.337 e. The number of nitrogens with one attached hydrogen (secondary N) is 1. The normalized spacial score (nSPS) is 18.4. The first-order chi connectivity index (χ1) is 6.71.